The van der Waals surface area contributed by atoms with Crippen molar-refractivity contribution in [2.45, 2.75) is 13.0 Å². The molecule has 0 bridgehead atoms. The summed E-state index contributed by atoms with van der Waals surface area (Å²) in [7, 11) is 0. The standard InChI is InChI=1S/C20H23N3O4/c1-14(20(24)22-16-5-6-18-19(12-16)27-13-26-18)21-15-3-2-4-17(11-15)23-7-9-25-10-8-23/h2-6,11-12,14,21H,7-10,13H2,1H3,(H,22,24)/t14-/m1/s1. The summed E-state index contributed by atoms with van der Waals surface area (Å²) in [4.78, 5) is 14.8. The van der Waals surface area contributed by atoms with Gasteiger partial charge in [-0.15, -0.1) is 0 Å². The van der Waals surface area contributed by atoms with Gasteiger partial charge in [0.15, 0.2) is 11.5 Å². The van der Waals surface area contributed by atoms with Crippen LogP contribution in [-0.4, -0.2) is 45.0 Å². The van der Waals surface area contributed by atoms with Crippen LogP contribution in [0.4, 0.5) is 17.1 Å². The molecular formula is C20H23N3O4. The largest absolute Gasteiger partial charge is 0.454 e. The van der Waals surface area contributed by atoms with Crippen LogP contribution in [0.25, 0.3) is 0 Å². The summed E-state index contributed by atoms with van der Waals surface area (Å²) in [6, 6.07) is 13.1. The highest BCUT2D eigenvalue weighted by Crippen LogP contribution is 2.34. The molecule has 1 amide bonds. The fourth-order valence-corrected chi connectivity index (χ4v) is 3.15. The Morgan fingerprint density at radius 3 is 2.70 bits per heavy atom. The van der Waals surface area contributed by atoms with Gasteiger partial charge in [0.05, 0.1) is 13.2 Å². The van der Waals surface area contributed by atoms with Gasteiger partial charge in [0, 0.05) is 36.2 Å². The molecule has 0 aromatic heterocycles. The van der Waals surface area contributed by atoms with Crippen LogP contribution in [0, 0.1) is 0 Å². The minimum Gasteiger partial charge on any atom is -0.454 e. The molecular weight excluding hydrogens is 346 g/mol. The molecule has 2 aromatic rings. The molecule has 1 atom stereocenters. The van der Waals surface area contributed by atoms with Crippen molar-refractivity contribution in [3.63, 3.8) is 0 Å². The first-order valence-corrected chi connectivity index (χ1v) is 9.09. The fourth-order valence-electron chi connectivity index (χ4n) is 3.15. The summed E-state index contributed by atoms with van der Waals surface area (Å²) >= 11 is 0. The lowest BCUT2D eigenvalue weighted by molar-refractivity contribution is -0.116. The van der Waals surface area contributed by atoms with Crippen LogP contribution < -0.4 is 25.0 Å². The normalized spacial score (nSPS) is 16.7. The monoisotopic (exact) mass is 369 g/mol. The first kappa shape index (κ1) is 17.5. The molecule has 7 nitrogen and oxygen atoms in total. The van der Waals surface area contributed by atoms with Gasteiger partial charge in [-0.3, -0.25) is 4.79 Å². The molecule has 142 valence electrons. The topological polar surface area (TPSA) is 72.1 Å². The Kier molecular flexibility index (Phi) is 5.02. The average Bonchev–Trinajstić information content (AvgIpc) is 3.16. The van der Waals surface area contributed by atoms with Gasteiger partial charge in [0.1, 0.15) is 6.04 Å². The van der Waals surface area contributed by atoms with Crippen LogP contribution in [0.15, 0.2) is 42.5 Å². The zero-order valence-corrected chi connectivity index (χ0v) is 15.2. The van der Waals surface area contributed by atoms with Crippen LogP contribution in [0.2, 0.25) is 0 Å². The number of hydrogen-bond donors (Lipinski definition) is 2. The number of carbonyl (C=O) groups excluding carboxylic acids is 1. The van der Waals surface area contributed by atoms with Crippen molar-refractivity contribution in [2.24, 2.45) is 0 Å². The van der Waals surface area contributed by atoms with E-state index in [-0.39, 0.29) is 12.7 Å². The number of fused-ring (bicyclic) bond motifs is 1. The Balaban J connectivity index is 1.38. The van der Waals surface area contributed by atoms with Gasteiger partial charge in [0.2, 0.25) is 12.7 Å². The van der Waals surface area contributed by atoms with E-state index in [1.807, 2.05) is 19.1 Å². The zero-order valence-electron chi connectivity index (χ0n) is 15.2. The molecule has 2 aromatic carbocycles. The number of morpholine rings is 1. The van der Waals surface area contributed by atoms with E-state index in [9.17, 15) is 4.79 Å². The number of ether oxygens (including phenoxy) is 3. The lowest BCUT2D eigenvalue weighted by Crippen LogP contribution is -2.36. The number of nitrogens with one attached hydrogen (secondary N) is 2. The van der Waals surface area contributed by atoms with E-state index in [0.717, 1.165) is 37.7 Å². The summed E-state index contributed by atoms with van der Waals surface area (Å²) < 4.78 is 16.0. The van der Waals surface area contributed by atoms with Gasteiger partial charge in [-0.2, -0.15) is 0 Å². The summed E-state index contributed by atoms with van der Waals surface area (Å²) in [5, 5.41) is 6.17. The van der Waals surface area contributed by atoms with Crippen LogP contribution >= 0.6 is 0 Å². The summed E-state index contributed by atoms with van der Waals surface area (Å²) in [5.74, 6) is 1.22. The second-order valence-electron chi connectivity index (χ2n) is 6.57. The molecule has 0 saturated carbocycles. The third-order valence-corrected chi connectivity index (χ3v) is 4.64. The molecule has 0 aliphatic carbocycles. The Labute approximate surface area is 158 Å². The van der Waals surface area contributed by atoms with Gasteiger partial charge in [-0.25, -0.2) is 0 Å². The van der Waals surface area contributed by atoms with E-state index in [0.29, 0.717) is 17.2 Å². The maximum atomic E-state index is 12.5. The van der Waals surface area contributed by atoms with Crippen LogP contribution in [0.1, 0.15) is 6.92 Å². The molecule has 7 heteroatoms. The van der Waals surface area contributed by atoms with E-state index >= 15 is 0 Å². The number of hydrogen-bond acceptors (Lipinski definition) is 6. The molecule has 0 unspecified atom stereocenters. The molecule has 2 aliphatic heterocycles. The highest BCUT2D eigenvalue weighted by atomic mass is 16.7. The highest BCUT2D eigenvalue weighted by Gasteiger charge is 2.17. The molecule has 2 aliphatic rings. The van der Waals surface area contributed by atoms with Crippen molar-refractivity contribution in [1.29, 1.82) is 0 Å². The zero-order chi connectivity index (χ0) is 18.6. The van der Waals surface area contributed by atoms with E-state index in [2.05, 4.69) is 27.7 Å². The second kappa shape index (κ2) is 7.75. The number of anilines is 3. The third-order valence-electron chi connectivity index (χ3n) is 4.64. The molecule has 2 heterocycles. The van der Waals surface area contributed by atoms with Gasteiger partial charge in [0.25, 0.3) is 0 Å². The minimum atomic E-state index is -0.393. The van der Waals surface area contributed by atoms with Crippen molar-refractivity contribution in [3.8, 4) is 11.5 Å². The molecule has 2 N–H and O–H groups in total. The van der Waals surface area contributed by atoms with Gasteiger partial charge < -0.3 is 29.7 Å². The molecule has 27 heavy (non-hydrogen) atoms. The Morgan fingerprint density at radius 1 is 1.04 bits per heavy atom. The van der Waals surface area contributed by atoms with Crippen LogP contribution in [0.5, 0.6) is 11.5 Å². The lowest BCUT2D eigenvalue weighted by atomic mass is 10.2. The van der Waals surface area contributed by atoms with Gasteiger partial charge in [-0.05, 0) is 37.3 Å². The van der Waals surface area contributed by atoms with Crippen molar-refractivity contribution in [2.75, 3.05) is 48.6 Å². The number of benzene rings is 2. The van der Waals surface area contributed by atoms with Gasteiger partial charge in [-0.1, -0.05) is 6.07 Å². The average molecular weight is 369 g/mol. The lowest BCUT2D eigenvalue weighted by Gasteiger charge is -2.29. The van der Waals surface area contributed by atoms with E-state index in [1.54, 1.807) is 18.2 Å². The van der Waals surface area contributed by atoms with Crippen molar-refractivity contribution >= 4 is 23.0 Å². The number of amides is 1. The third kappa shape index (κ3) is 4.09. The number of rotatable bonds is 5. The minimum absolute atomic E-state index is 0.120. The summed E-state index contributed by atoms with van der Waals surface area (Å²) in [6.07, 6.45) is 0. The first-order valence-electron chi connectivity index (χ1n) is 9.09. The predicted molar refractivity (Wildman–Crippen MR) is 104 cm³/mol. The maximum Gasteiger partial charge on any atom is 0.246 e. The molecule has 1 fully saturated rings. The summed E-state index contributed by atoms with van der Waals surface area (Å²) in [5.41, 5.74) is 2.72. The van der Waals surface area contributed by atoms with Crippen LogP contribution in [0.3, 0.4) is 0 Å². The molecule has 4 rings (SSSR count). The maximum absolute atomic E-state index is 12.5. The Bertz CT molecular complexity index is 821. The van der Waals surface area contributed by atoms with Crippen LogP contribution in [-0.2, 0) is 9.53 Å². The smallest absolute Gasteiger partial charge is 0.246 e. The molecule has 0 spiro atoms. The first-order chi connectivity index (χ1) is 13.2. The predicted octanol–water partition coefficient (Wildman–Crippen LogP) is 2.69. The quantitative estimate of drug-likeness (QED) is 0.844. The Morgan fingerprint density at radius 2 is 1.85 bits per heavy atom. The molecule has 0 radical (unpaired) electrons. The van der Waals surface area contributed by atoms with Gasteiger partial charge >= 0.3 is 0 Å². The van der Waals surface area contributed by atoms with E-state index < -0.39 is 6.04 Å². The number of nitrogens with zero attached hydrogens (tertiary/aromatic N) is 1. The summed E-state index contributed by atoms with van der Waals surface area (Å²) in [6.45, 7) is 5.29. The van der Waals surface area contributed by atoms with E-state index in [4.69, 9.17) is 14.2 Å². The van der Waals surface area contributed by atoms with E-state index in [1.165, 1.54) is 0 Å². The number of carbonyl (C=O) groups is 1. The van der Waals surface area contributed by atoms with Crippen molar-refractivity contribution in [1.82, 2.24) is 0 Å². The highest BCUT2D eigenvalue weighted by molar-refractivity contribution is 5.96. The Hall–Kier alpha value is -2.93. The van der Waals surface area contributed by atoms with Crippen molar-refractivity contribution in [3.05, 3.63) is 42.5 Å². The SMILES string of the molecule is C[C@@H](Nc1cccc(N2CCOCC2)c1)C(=O)Nc1ccc2c(c1)OCO2. The van der Waals surface area contributed by atoms with Crippen molar-refractivity contribution < 1.29 is 19.0 Å². The molecule has 1 saturated heterocycles. The second-order valence-corrected chi connectivity index (χ2v) is 6.57. The fraction of sp³-hybridized carbons (Fsp3) is 0.350.